The Labute approximate surface area is 106 Å². The second-order valence-electron chi connectivity index (χ2n) is 5.10. The second kappa shape index (κ2) is 7.70. The number of nitrogens with one attached hydrogen (secondary N) is 1. The summed E-state index contributed by atoms with van der Waals surface area (Å²) in [7, 11) is 0. The number of hydrogen-bond acceptors (Lipinski definition) is 2. The van der Waals surface area contributed by atoms with Crippen LogP contribution in [0.4, 0.5) is 0 Å². The number of nitrogens with zero attached hydrogens (tertiary/aromatic N) is 1. The highest BCUT2D eigenvalue weighted by molar-refractivity contribution is 5.84. The van der Waals surface area contributed by atoms with Crippen LogP contribution in [0.25, 0.3) is 0 Å². The normalized spacial score (nSPS) is 22.2. The largest absolute Gasteiger partial charge is 0.326 e. The zero-order chi connectivity index (χ0) is 12.7. The maximum Gasteiger partial charge on any atom is 0.241 e. The van der Waals surface area contributed by atoms with Gasteiger partial charge in [-0.3, -0.25) is 10.1 Å². The molecular weight excluding hydrogens is 212 g/mol. The molecule has 0 spiro atoms. The highest BCUT2D eigenvalue weighted by atomic mass is 16.2. The Hall–Kier alpha value is -0.570. The van der Waals surface area contributed by atoms with E-state index >= 15 is 0 Å². The number of unbranched alkanes of at least 4 members (excludes halogenated alkanes) is 1. The van der Waals surface area contributed by atoms with E-state index in [9.17, 15) is 4.79 Å². The van der Waals surface area contributed by atoms with Crippen LogP contribution in [0.3, 0.4) is 0 Å². The fraction of sp³-hybridized carbons (Fsp3) is 0.929. The second-order valence-corrected chi connectivity index (χ2v) is 5.10. The maximum atomic E-state index is 12.2. The first-order valence-corrected chi connectivity index (χ1v) is 7.28. The summed E-state index contributed by atoms with van der Waals surface area (Å²) in [5.74, 6) is 0.335. The van der Waals surface area contributed by atoms with Gasteiger partial charge in [0.25, 0.3) is 0 Å². The number of amides is 1. The fourth-order valence-corrected chi connectivity index (χ4v) is 2.63. The van der Waals surface area contributed by atoms with Gasteiger partial charge < -0.3 is 4.90 Å². The maximum absolute atomic E-state index is 12.2. The van der Waals surface area contributed by atoms with Crippen molar-refractivity contribution in [3.8, 4) is 0 Å². The molecule has 2 unspecified atom stereocenters. The predicted molar refractivity (Wildman–Crippen MR) is 71.8 cm³/mol. The molecule has 1 N–H and O–H groups in total. The topological polar surface area (TPSA) is 32.3 Å². The summed E-state index contributed by atoms with van der Waals surface area (Å²) in [4.78, 5) is 14.3. The Morgan fingerprint density at radius 1 is 1.24 bits per heavy atom. The van der Waals surface area contributed by atoms with Gasteiger partial charge in [0, 0.05) is 6.04 Å². The highest BCUT2D eigenvalue weighted by Crippen LogP contribution is 2.19. The molecule has 17 heavy (non-hydrogen) atoms. The molecule has 0 aliphatic carbocycles. The zero-order valence-corrected chi connectivity index (χ0v) is 11.7. The van der Waals surface area contributed by atoms with Crippen molar-refractivity contribution < 1.29 is 4.79 Å². The van der Waals surface area contributed by atoms with Crippen LogP contribution >= 0.6 is 0 Å². The van der Waals surface area contributed by atoms with Crippen LogP contribution in [0.2, 0.25) is 0 Å². The summed E-state index contributed by atoms with van der Waals surface area (Å²) in [6.45, 7) is 7.32. The molecular formula is C14H28N2O. The van der Waals surface area contributed by atoms with Gasteiger partial charge in [-0.05, 0) is 19.3 Å². The molecule has 2 atom stereocenters. The quantitative estimate of drug-likeness (QED) is 0.707. The van der Waals surface area contributed by atoms with E-state index in [4.69, 9.17) is 0 Å². The Bertz CT molecular complexity index is 230. The summed E-state index contributed by atoms with van der Waals surface area (Å²) < 4.78 is 0. The predicted octanol–water partition coefficient (Wildman–Crippen LogP) is 2.90. The zero-order valence-electron chi connectivity index (χ0n) is 11.7. The van der Waals surface area contributed by atoms with Crippen LogP contribution in [-0.2, 0) is 4.79 Å². The molecule has 1 rings (SSSR count). The third kappa shape index (κ3) is 3.98. The molecule has 100 valence electrons. The molecule has 3 nitrogen and oxygen atoms in total. The van der Waals surface area contributed by atoms with E-state index in [0.717, 1.165) is 38.8 Å². The van der Waals surface area contributed by atoms with Gasteiger partial charge in [-0.1, -0.05) is 46.5 Å². The molecule has 1 aliphatic rings. The number of hydrogen-bond donors (Lipinski definition) is 1. The first kappa shape index (κ1) is 14.5. The molecule has 0 aromatic rings. The van der Waals surface area contributed by atoms with Crippen molar-refractivity contribution in [1.82, 2.24) is 10.2 Å². The highest BCUT2D eigenvalue weighted by Gasteiger charge is 2.33. The molecule has 1 saturated heterocycles. The molecule has 1 fully saturated rings. The molecule has 0 aromatic carbocycles. The van der Waals surface area contributed by atoms with Crippen LogP contribution < -0.4 is 5.32 Å². The molecule has 0 radical (unpaired) electrons. The molecule has 0 saturated carbocycles. The molecule has 0 aromatic heterocycles. The lowest BCUT2D eigenvalue weighted by Crippen LogP contribution is -2.38. The SMILES string of the molecule is CCCCC(CCC)N1CNC(CCC)C1=O. The summed E-state index contributed by atoms with van der Waals surface area (Å²) in [5.41, 5.74) is 0. The Balaban J connectivity index is 2.53. The molecule has 1 aliphatic heterocycles. The van der Waals surface area contributed by atoms with Crippen LogP contribution in [0, 0.1) is 0 Å². The van der Waals surface area contributed by atoms with Crippen LogP contribution in [0.1, 0.15) is 65.7 Å². The fourth-order valence-electron chi connectivity index (χ4n) is 2.63. The van der Waals surface area contributed by atoms with E-state index in [0.29, 0.717) is 11.9 Å². The van der Waals surface area contributed by atoms with E-state index < -0.39 is 0 Å². The molecule has 0 bridgehead atoms. The van der Waals surface area contributed by atoms with Gasteiger partial charge in [-0.2, -0.15) is 0 Å². The van der Waals surface area contributed by atoms with Crippen molar-refractivity contribution in [3.63, 3.8) is 0 Å². The molecule has 3 heteroatoms. The monoisotopic (exact) mass is 240 g/mol. The van der Waals surface area contributed by atoms with E-state index in [1.807, 2.05) is 0 Å². The smallest absolute Gasteiger partial charge is 0.241 e. The average molecular weight is 240 g/mol. The molecule has 1 amide bonds. The lowest BCUT2D eigenvalue weighted by atomic mass is 10.0. The van der Waals surface area contributed by atoms with Crippen LogP contribution in [0.15, 0.2) is 0 Å². The van der Waals surface area contributed by atoms with Crippen LogP contribution in [-0.4, -0.2) is 29.6 Å². The van der Waals surface area contributed by atoms with Crippen molar-refractivity contribution in [2.75, 3.05) is 6.67 Å². The van der Waals surface area contributed by atoms with E-state index in [2.05, 4.69) is 31.0 Å². The minimum Gasteiger partial charge on any atom is -0.326 e. The summed E-state index contributed by atoms with van der Waals surface area (Å²) in [6.07, 6.45) is 7.97. The van der Waals surface area contributed by atoms with Gasteiger partial charge in [0.15, 0.2) is 0 Å². The third-order valence-corrected chi connectivity index (χ3v) is 3.62. The minimum atomic E-state index is 0.0842. The van der Waals surface area contributed by atoms with Crippen molar-refractivity contribution in [3.05, 3.63) is 0 Å². The van der Waals surface area contributed by atoms with Gasteiger partial charge in [-0.15, -0.1) is 0 Å². The van der Waals surface area contributed by atoms with Crippen LogP contribution in [0.5, 0.6) is 0 Å². The lowest BCUT2D eigenvalue weighted by molar-refractivity contribution is -0.131. The van der Waals surface area contributed by atoms with E-state index in [-0.39, 0.29) is 6.04 Å². The number of carbonyl (C=O) groups excluding carboxylic acids is 1. The van der Waals surface area contributed by atoms with Gasteiger partial charge in [0.05, 0.1) is 12.7 Å². The van der Waals surface area contributed by atoms with Gasteiger partial charge >= 0.3 is 0 Å². The van der Waals surface area contributed by atoms with E-state index in [1.165, 1.54) is 12.8 Å². The van der Waals surface area contributed by atoms with Crippen molar-refractivity contribution >= 4 is 5.91 Å². The Morgan fingerprint density at radius 3 is 2.59 bits per heavy atom. The van der Waals surface area contributed by atoms with E-state index in [1.54, 1.807) is 0 Å². The van der Waals surface area contributed by atoms with Gasteiger partial charge in [-0.25, -0.2) is 0 Å². The summed E-state index contributed by atoms with van der Waals surface area (Å²) in [6, 6.07) is 0.544. The number of carbonyl (C=O) groups is 1. The van der Waals surface area contributed by atoms with Gasteiger partial charge in [0.2, 0.25) is 5.91 Å². The average Bonchev–Trinajstić information content (AvgIpc) is 2.67. The third-order valence-electron chi connectivity index (χ3n) is 3.62. The van der Waals surface area contributed by atoms with Crippen molar-refractivity contribution in [2.24, 2.45) is 0 Å². The Kier molecular flexibility index (Phi) is 6.56. The Morgan fingerprint density at radius 2 is 2.00 bits per heavy atom. The first-order chi connectivity index (χ1) is 8.24. The summed E-state index contributed by atoms with van der Waals surface area (Å²) in [5, 5.41) is 3.35. The van der Waals surface area contributed by atoms with Crippen molar-refractivity contribution in [1.29, 1.82) is 0 Å². The standard InChI is InChI=1S/C14H28N2O/c1-4-7-10-12(8-5-2)16-11-15-13(9-6-3)14(16)17/h12-13,15H,4-11H2,1-3H3. The molecule has 1 heterocycles. The number of rotatable bonds is 8. The minimum absolute atomic E-state index is 0.0842. The lowest BCUT2D eigenvalue weighted by Gasteiger charge is -2.27. The summed E-state index contributed by atoms with van der Waals surface area (Å²) >= 11 is 0. The first-order valence-electron chi connectivity index (χ1n) is 7.28. The van der Waals surface area contributed by atoms with Gasteiger partial charge in [0.1, 0.15) is 0 Å². The van der Waals surface area contributed by atoms with Crippen molar-refractivity contribution in [2.45, 2.75) is 77.8 Å².